The summed E-state index contributed by atoms with van der Waals surface area (Å²) >= 11 is 0. The molecule has 2 N–H and O–H groups in total. The zero-order chi connectivity index (χ0) is 28.9. The number of hydrogen-bond acceptors (Lipinski definition) is 6. The van der Waals surface area contributed by atoms with Gasteiger partial charge < -0.3 is 20.1 Å². The Kier molecular flexibility index (Phi) is 10.8. The summed E-state index contributed by atoms with van der Waals surface area (Å²) in [6.45, 7) is 8.93. The molecular weight excluding hydrogens is 516 g/mol. The quantitative estimate of drug-likeness (QED) is 0.0929. The van der Waals surface area contributed by atoms with Gasteiger partial charge in [0.1, 0.15) is 0 Å². The average molecular weight is 553 g/mol. The van der Waals surface area contributed by atoms with Crippen molar-refractivity contribution in [1.29, 1.82) is 0 Å². The lowest BCUT2D eigenvalue weighted by atomic mass is 10.1. The van der Waals surface area contributed by atoms with Crippen LogP contribution < -0.4 is 20.1 Å². The highest BCUT2D eigenvalue weighted by Crippen LogP contribution is 2.41. The monoisotopic (exact) mass is 552 g/mol. The minimum atomic E-state index is -0.183. The minimum absolute atomic E-state index is 0.183. The number of hydrogen-bond donors (Lipinski definition) is 2. The van der Waals surface area contributed by atoms with Crippen LogP contribution in [0.2, 0.25) is 0 Å². The van der Waals surface area contributed by atoms with E-state index in [1.54, 1.807) is 0 Å². The lowest BCUT2D eigenvalue weighted by Crippen LogP contribution is -2.22. The van der Waals surface area contributed by atoms with Gasteiger partial charge in [-0.2, -0.15) is 5.11 Å². The minimum Gasteiger partial charge on any atom is -0.491 e. The number of benzene rings is 3. The van der Waals surface area contributed by atoms with Crippen LogP contribution in [-0.2, 0) is 16.0 Å². The summed E-state index contributed by atoms with van der Waals surface area (Å²) < 4.78 is 12.2. The van der Waals surface area contributed by atoms with Crippen molar-refractivity contribution in [3.8, 4) is 22.6 Å². The second-order valence-corrected chi connectivity index (χ2v) is 9.58. The van der Waals surface area contributed by atoms with E-state index in [0.29, 0.717) is 43.5 Å². The number of carbonyl (C=O) groups is 2. The third-order valence-electron chi connectivity index (χ3n) is 6.63. The van der Waals surface area contributed by atoms with Gasteiger partial charge in [0.05, 0.1) is 18.9 Å². The summed E-state index contributed by atoms with van der Waals surface area (Å²) in [4.78, 5) is 22.7. The highest BCUT2D eigenvalue weighted by atomic mass is 16.5. The zero-order valence-corrected chi connectivity index (χ0v) is 23.2. The maximum absolute atomic E-state index is 11.3. The predicted molar refractivity (Wildman–Crippen MR) is 161 cm³/mol. The Balaban J connectivity index is 1.43. The number of nitrogens with one attached hydrogen (secondary N) is 2. The van der Waals surface area contributed by atoms with E-state index < -0.39 is 0 Å². The normalized spacial score (nSPS) is 11.4. The molecule has 8 nitrogen and oxygen atoms in total. The van der Waals surface area contributed by atoms with Crippen molar-refractivity contribution in [3.05, 3.63) is 97.1 Å². The third kappa shape index (κ3) is 8.38. The van der Waals surface area contributed by atoms with E-state index in [2.05, 4.69) is 70.4 Å². The Morgan fingerprint density at radius 3 is 1.98 bits per heavy atom. The molecule has 4 rings (SSSR count). The van der Waals surface area contributed by atoms with Crippen molar-refractivity contribution >= 4 is 23.2 Å². The van der Waals surface area contributed by atoms with Gasteiger partial charge in [-0.3, -0.25) is 9.59 Å². The van der Waals surface area contributed by atoms with Gasteiger partial charge in [0.15, 0.2) is 17.2 Å². The number of carbonyl (C=O) groups excluding carboxylic acids is 2. The Bertz CT molecular complexity index is 1370. The molecule has 212 valence electrons. The van der Waals surface area contributed by atoms with E-state index in [1.165, 1.54) is 34.4 Å². The van der Waals surface area contributed by atoms with Crippen LogP contribution in [-0.4, -0.2) is 38.1 Å². The summed E-state index contributed by atoms with van der Waals surface area (Å²) in [5.41, 5.74) is 6.34. The third-order valence-corrected chi connectivity index (χ3v) is 6.63. The molecule has 0 unspecified atom stereocenters. The van der Waals surface area contributed by atoms with Crippen molar-refractivity contribution < 1.29 is 19.1 Å². The molecule has 0 saturated carbocycles. The van der Waals surface area contributed by atoms with Gasteiger partial charge in [-0.1, -0.05) is 49.6 Å². The second kappa shape index (κ2) is 15.2. The van der Waals surface area contributed by atoms with Crippen LogP contribution >= 0.6 is 0 Å². The fourth-order valence-electron chi connectivity index (χ4n) is 4.52. The van der Waals surface area contributed by atoms with Crippen molar-refractivity contribution in [2.24, 2.45) is 10.2 Å². The Morgan fingerprint density at radius 1 is 0.732 bits per heavy atom. The van der Waals surface area contributed by atoms with Crippen LogP contribution in [0.5, 0.6) is 11.5 Å². The first kappa shape index (κ1) is 29.3. The molecule has 0 heterocycles. The molecule has 1 aliphatic rings. The molecule has 3 aromatic carbocycles. The summed E-state index contributed by atoms with van der Waals surface area (Å²) in [6.07, 6.45) is 6.44. The van der Waals surface area contributed by atoms with E-state index in [1.807, 2.05) is 24.3 Å². The van der Waals surface area contributed by atoms with Gasteiger partial charge in [0.2, 0.25) is 11.8 Å². The number of azo groups is 1. The molecule has 3 aromatic rings. The fraction of sp³-hybridized carbons (Fsp3) is 0.273. The molecular formula is C33H36N4O4. The van der Waals surface area contributed by atoms with Crippen molar-refractivity contribution in [3.63, 3.8) is 0 Å². The molecule has 0 aliphatic heterocycles. The van der Waals surface area contributed by atoms with Crippen molar-refractivity contribution in [2.45, 2.75) is 32.1 Å². The molecule has 2 amide bonds. The maximum Gasteiger partial charge on any atom is 0.243 e. The SMILES string of the molecule is C=CC(=O)NCCCCOc1cccc(OCCCCNC(=O)C=C)c1N=Nc1ccc2c(c1)Cc1ccccc1-2. The molecule has 1 aliphatic carbocycles. The maximum atomic E-state index is 11.3. The van der Waals surface area contributed by atoms with Crippen LogP contribution in [0.1, 0.15) is 36.8 Å². The lowest BCUT2D eigenvalue weighted by Gasteiger charge is -2.13. The van der Waals surface area contributed by atoms with Crippen LogP contribution in [0, 0.1) is 0 Å². The van der Waals surface area contributed by atoms with Gasteiger partial charge in [-0.25, -0.2) is 0 Å². The molecule has 0 fully saturated rings. The van der Waals surface area contributed by atoms with E-state index in [0.717, 1.165) is 37.8 Å². The topological polar surface area (TPSA) is 101 Å². The van der Waals surface area contributed by atoms with Crippen LogP contribution in [0.25, 0.3) is 11.1 Å². The van der Waals surface area contributed by atoms with Crippen LogP contribution in [0.4, 0.5) is 11.4 Å². The van der Waals surface area contributed by atoms with Crippen LogP contribution in [0.3, 0.4) is 0 Å². The van der Waals surface area contributed by atoms with E-state index in [9.17, 15) is 9.59 Å². The number of nitrogens with zero attached hydrogens (tertiary/aromatic N) is 2. The predicted octanol–water partition coefficient (Wildman–Crippen LogP) is 6.60. The Hall–Kier alpha value is -4.72. The number of unbranched alkanes of at least 4 members (excludes halogenated alkanes) is 2. The first-order chi connectivity index (χ1) is 20.1. The van der Waals surface area contributed by atoms with E-state index >= 15 is 0 Å². The van der Waals surface area contributed by atoms with Gasteiger partial charge >= 0.3 is 0 Å². The average Bonchev–Trinajstić information content (AvgIpc) is 3.37. The van der Waals surface area contributed by atoms with Gasteiger partial charge in [-0.05, 0) is 90.8 Å². The fourth-order valence-corrected chi connectivity index (χ4v) is 4.52. The van der Waals surface area contributed by atoms with Crippen molar-refractivity contribution in [2.75, 3.05) is 26.3 Å². The lowest BCUT2D eigenvalue weighted by molar-refractivity contribution is -0.117. The van der Waals surface area contributed by atoms with E-state index in [-0.39, 0.29) is 11.8 Å². The molecule has 41 heavy (non-hydrogen) atoms. The first-order valence-electron chi connectivity index (χ1n) is 13.9. The number of ether oxygens (including phenoxy) is 2. The molecule has 0 radical (unpaired) electrons. The Labute approximate surface area is 241 Å². The van der Waals surface area contributed by atoms with Gasteiger partial charge in [-0.15, -0.1) is 5.11 Å². The highest BCUT2D eigenvalue weighted by molar-refractivity contribution is 5.87. The molecule has 0 spiro atoms. The summed E-state index contributed by atoms with van der Waals surface area (Å²) in [7, 11) is 0. The van der Waals surface area contributed by atoms with Gasteiger partial charge in [0.25, 0.3) is 0 Å². The largest absolute Gasteiger partial charge is 0.491 e. The standard InChI is InChI=1S/C33H36N4O4/c1-3-31(38)34-18-7-9-20-40-29-14-11-15-30(41-21-10-8-19-35-32(39)4-2)33(29)37-36-26-16-17-28-25(23-26)22-24-12-5-6-13-27(24)28/h3-6,11-17,23H,1-2,7-10,18-22H2,(H,34,38)(H,35,39). The molecule has 8 heteroatoms. The second-order valence-electron chi connectivity index (χ2n) is 9.58. The number of amides is 2. The van der Waals surface area contributed by atoms with Crippen molar-refractivity contribution in [1.82, 2.24) is 10.6 Å². The summed E-state index contributed by atoms with van der Waals surface area (Å²) in [5.74, 6) is 0.787. The molecule has 0 bridgehead atoms. The van der Waals surface area contributed by atoms with Crippen LogP contribution in [0.15, 0.2) is 96.2 Å². The van der Waals surface area contributed by atoms with Gasteiger partial charge in [0, 0.05) is 13.1 Å². The zero-order valence-electron chi connectivity index (χ0n) is 23.2. The Morgan fingerprint density at radius 2 is 1.34 bits per heavy atom. The summed E-state index contributed by atoms with van der Waals surface area (Å²) in [5, 5.41) is 14.7. The smallest absolute Gasteiger partial charge is 0.243 e. The van der Waals surface area contributed by atoms with E-state index in [4.69, 9.17) is 9.47 Å². The number of rotatable bonds is 16. The first-order valence-corrected chi connectivity index (χ1v) is 13.9. The highest BCUT2D eigenvalue weighted by Gasteiger charge is 2.18. The molecule has 0 atom stereocenters. The molecule has 0 saturated heterocycles. The summed E-state index contributed by atoms with van der Waals surface area (Å²) in [6, 6.07) is 20.2. The molecule has 0 aromatic heterocycles. The number of fused-ring (bicyclic) bond motifs is 3.